The largest absolute Gasteiger partial charge is 0.496 e. The summed E-state index contributed by atoms with van der Waals surface area (Å²) in [6, 6.07) is 5.59. The summed E-state index contributed by atoms with van der Waals surface area (Å²) in [7, 11) is 1.60. The highest BCUT2D eigenvalue weighted by Gasteiger charge is 2.42. The molecule has 0 bridgehead atoms. The number of halogens is 1. The van der Waals surface area contributed by atoms with E-state index in [1.165, 1.54) is 0 Å². The van der Waals surface area contributed by atoms with Crippen molar-refractivity contribution in [3.8, 4) is 5.75 Å². The molecule has 3 nitrogen and oxygen atoms in total. The molecule has 1 aromatic carbocycles. The van der Waals surface area contributed by atoms with Gasteiger partial charge in [0.05, 0.1) is 17.0 Å². The lowest BCUT2D eigenvalue weighted by atomic mass is 9.69. The van der Waals surface area contributed by atoms with Crippen molar-refractivity contribution in [2.75, 3.05) is 7.11 Å². The number of methoxy groups -OCH3 is 1. The molecule has 0 heterocycles. The number of benzene rings is 1. The second kappa shape index (κ2) is 5.31. The van der Waals surface area contributed by atoms with Crippen molar-refractivity contribution in [1.29, 1.82) is 0 Å². The van der Waals surface area contributed by atoms with Gasteiger partial charge in [0.15, 0.2) is 0 Å². The van der Waals surface area contributed by atoms with Crippen LogP contribution >= 0.6 is 15.9 Å². The predicted molar refractivity (Wildman–Crippen MR) is 73.1 cm³/mol. The Labute approximate surface area is 115 Å². The topological polar surface area (TPSA) is 46.5 Å². The van der Waals surface area contributed by atoms with Gasteiger partial charge in [0.1, 0.15) is 5.75 Å². The summed E-state index contributed by atoms with van der Waals surface area (Å²) in [6.45, 7) is 0. The van der Waals surface area contributed by atoms with Crippen LogP contribution in [0.3, 0.4) is 0 Å². The standard InChI is InChI=1S/C14H17BrO3/c1-18-11-7-5-6-10(12(11)15)14(13(16)17)8-3-2-4-9-14/h5-7H,2-4,8-9H2,1H3,(H,16,17). The van der Waals surface area contributed by atoms with Gasteiger partial charge in [0.2, 0.25) is 0 Å². The lowest BCUT2D eigenvalue weighted by Gasteiger charge is -2.34. The molecular formula is C14H17BrO3. The molecule has 1 N–H and O–H groups in total. The number of hydrogen-bond donors (Lipinski definition) is 1. The van der Waals surface area contributed by atoms with Crippen molar-refractivity contribution >= 4 is 21.9 Å². The molecule has 1 aliphatic rings. The van der Waals surface area contributed by atoms with Crippen molar-refractivity contribution in [3.63, 3.8) is 0 Å². The first-order valence-electron chi connectivity index (χ1n) is 6.18. The maximum absolute atomic E-state index is 11.8. The zero-order valence-corrected chi connectivity index (χ0v) is 12.0. The van der Waals surface area contributed by atoms with Crippen LogP contribution in [0.25, 0.3) is 0 Å². The Hall–Kier alpha value is -1.03. The monoisotopic (exact) mass is 312 g/mol. The lowest BCUT2D eigenvalue weighted by molar-refractivity contribution is -0.145. The summed E-state index contributed by atoms with van der Waals surface area (Å²) in [4.78, 5) is 11.8. The minimum absolute atomic E-state index is 0.693. The van der Waals surface area contributed by atoms with E-state index in [1.54, 1.807) is 7.11 Å². The summed E-state index contributed by atoms with van der Waals surface area (Å²) >= 11 is 3.49. The third-order valence-corrected chi connectivity index (χ3v) is 4.63. The third-order valence-electron chi connectivity index (χ3n) is 3.82. The van der Waals surface area contributed by atoms with E-state index >= 15 is 0 Å². The maximum atomic E-state index is 11.8. The molecule has 1 aromatic rings. The van der Waals surface area contributed by atoms with Gasteiger partial charge in [-0.05, 0) is 40.4 Å². The van der Waals surface area contributed by atoms with E-state index in [9.17, 15) is 9.90 Å². The summed E-state index contributed by atoms with van der Waals surface area (Å²) in [5, 5.41) is 9.67. The van der Waals surface area contributed by atoms with Crippen LogP contribution in [0, 0.1) is 0 Å². The molecule has 0 aliphatic heterocycles. The molecule has 2 rings (SSSR count). The summed E-state index contributed by atoms with van der Waals surface area (Å²) in [5.74, 6) is -0.0325. The fourth-order valence-corrected chi connectivity index (χ4v) is 3.60. The fourth-order valence-electron chi connectivity index (χ4n) is 2.79. The number of carboxylic acid groups (broad SMARTS) is 1. The molecule has 0 radical (unpaired) electrons. The van der Waals surface area contributed by atoms with Crippen LogP contribution in [0.4, 0.5) is 0 Å². The van der Waals surface area contributed by atoms with Crippen molar-refractivity contribution < 1.29 is 14.6 Å². The lowest BCUT2D eigenvalue weighted by Crippen LogP contribution is -2.38. The van der Waals surface area contributed by atoms with Gasteiger partial charge in [-0.1, -0.05) is 31.4 Å². The van der Waals surface area contributed by atoms with E-state index in [0.29, 0.717) is 18.6 Å². The van der Waals surface area contributed by atoms with Gasteiger partial charge in [0, 0.05) is 0 Å². The molecule has 0 unspecified atom stereocenters. The molecule has 4 heteroatoms. The highest BCUT2D eigenvalue weighted by Crippen LogP contribution is 2.45. The van der Waals surface area contributed by atoms with Crippen LogP contribution in [-0.2, 0) is 10.2 Å². The van der Waals surface area contributed by atoms with E-state index in [0.717, 1.165) is 29.3 Å². The number of rotatable bonds is 3. The van der Waals surface area contributed by atoms with Crippen molar-refractivity contribution in [2.45, 2.75) is 37.5 Å². The Balaban J connectivity index is 2.52. The van der Waals surface area contributed by atoms with Crippen molar-refractivity contribution in [3.05, 3.63) is 28.2 Å². The number of ether oxygens (including phenoxy) is 1. The average Bonchev–Trinajstić information content (AvgIpc) is 2.39. The van der Waals surface area contributed by atoms with Gasteiger partial charge in [-0.25, -0.2) is 0 Å². The normalized spacial score (nSPS) is 18.3. The molecule has 0 atom stereocenters. The first kappa shape index (κ1) is 13.4. The predicted octanol–water partition coefficient (Wildman–Crippen LogP) is 3.74. The van der Waals surface area contributed by atoms with E-state index in [2.05, 4.69) is 15.9 Å². The Kier molecular flexibility index (Phi) is 3.95. The average molecular weight is 313 g/mol. The first-order valence-corrected chi connectivity index (χ1v) is 6.97. The molecule has 1 saturated carbocycles. The molecule has 0 aromatic heterocycles. The summed E-state index contributed by atoms with van der Waals surface area (Å²) < 4.78 is 6.04. The molecule has 0 saturated heterocycles. The van der Waals surface area contributed by atoms with Gasteiger partial charge in [0.25, 0.3) is 0 Å². The highest BCUT2D eigenvalue weighted by molar-refractivity contribution is 9.10. The van der Waals surface area contributed by atoms with Crippen LogP contribution in [0.15, 0.2) is 22.7 Å². The van der Waals surface area contributed by atoms with Gasteiger partial charge in [-0.3, -0.25) is 4.79 Å². The SMILES string of the molecule is COc1cccc(C2(C(=O)O)CCCCC2)c1Br. The minimum atomic E-state index is -0.758. The maximum Gasteiger partial charge on any atom is 0.314 e. The van der Waals surface area contributed by atoms with E-state index in [-0.39, 0.29) is 0 Å². The van der Waals surface area contributed by atoms with Crippen LogP contribution in [-0.4, -0.2) is 18.2 Å². The molecular weight excluding hydrogens is 296 g/mol. The first-order chi connectivity index (χ1) is 8.62. The van der Waals surface area contributed by atoms with E-state index in [1.807, 2.05) is 18.2 Å². The van der Waals surface area contributed by atoms with Gasteiger partial charge in [-0.2, -0.15) is 0 Å². The second-order valence-corrected chi connectivity index (χ2v) is 5.56. The highest BCUT2D eigenvalue weighted by atomic mass is 79.9. The summed E-state index contributed by atoms with van der Waals surface area (Å²) in [6.07, 6.45) is 4.46. The van der Waals surface area contributed by atoms with Crippen LogP contribution in [0.1, 0.15) is 37.7 Å². The Bertz CT molecular complexity index is 450. The molecule has 0 amide bonds. The van der Waals surface area contributed by atoms with Gasteiger partial charge >= 0.3 is 5.97 Å². The van der Waals surface area contributed by atoms with Crippen LogP contribution < -0.4 is 4.74 Å². The molecule has 1 fully saturated rings. The van der Waals surface area contributed by atoms with Crippen molar-refractivity contribution in [2.24, 2.45) is 0 Å². The smallest absolute Gasteiger partial charge is 0.314 e. The third kappa shape index (κ3) is 2.14. The number of carbonyl (C=O) groups is 1. The number of aliphatic carboxylic acids is 1. The van der Waals surface area contributed by atoms with Crippen LogP contribution in [0.5, 0.6) is 5.75 Å². The molecule has 1 aliphatic carbocycles. The zero-order valence-electron chi connectivity index (χ0n) is 10.4. The number of carboxylic acids is 1. The van der Waals surface area contributed by atoms with E-state index in [4.69, 9.17) is 4.74 Å². The molecule has 0 spiro atoms. The second-order valence-electron chi connectivity index (χ2n) is 4.77. The Morgan fingerprint density at radius 2 is 2.00 bits per heavy atom. The van der Waals surface area contributed by atoms with Gasteiger partial charge < -0.3 is 9.84 Å². The van der Waals surface area contributed by atoms with Crippen molar-refractivity contribution in [1.82, 2.24) is 0 Å². The van der Waals surface area contributed by atoms with Crippen LogP contribution in [0.2, 0.25) is 0 Å². The fraction of sp³-hybridized carbons (Fsp3) is 0.500. The summed E-state index contributed by atoms with van der Waals surface area (Å²) in [5.41, 5.74) is 0.0834. The zero-order chi connectivity index (χ0) is 13.2. The van der Waals surface area contributed by atoms with Gasteiger partial charge in [-0.15, -0.1) is 0 Å². The Morgan fingerprint density at radius 3 is 2.56 bits per heavy atom. The number of hydrogen-bond acceptors (Lipinski definition) is 2. The minimum Gasteiger partial charge on any atom is -0.496 e. The molecule has 18 heavy (non-hydrogen) atoms. The Morgan fingerprint density at radius 1 is 1.33 bits per heavy atom. The molecule has 98 valence electrons. The van der Waals surface area contributed by atoms with E-state index < -0.39 is 11.4 Å². The quantitative estimate of drug-likeness (QED) is 0.924.